The number of carboxylic acid groups (broad SMARTS) is 1. The molecule has 7 heteroatoms. The Hall–Kier alpha value is -2.88. The Morgan fingerprint density at radius 1 is 1.28 bits per heavy atom. The van der Waals surface area contributed by atoms with Gasteiger partial charge in [0.1, 0.15) is 17.9 Å². The number of aliphatic carboxylic acids is 1. The van der Waals surface area contributed by atoms with Gasteiger partial charge < -0.3 is 15.7 Å². The zero-order valence-electron chi connectivity index (χ0n) is 13.9. The number of benzene rings is 1. The van der Waals surface area contributed by atoms with Gasteiger partial charge in [0.2, 0.25) is 11.8 Å². The summed E-state index contributed by atoms with van der Waals surface area (Å²) in [5, 5.41) is 14.1. The number of rotatable bonds is 9. The third kappa shape index (κ3) is 7.48. The van der Waals surface area contributed by atoms with Crippen LogP contribution in [0.1, 0.15) is 31.7 Å². The van der Waals surface area contributed by atoms with E-state index in [9.17, 15) is 23.9 Å². The lowest BCUT2D eigenvalue weighted by molar-refractivity contribution is -0.142. The number of nitrogens with one attached hydrogen (secondary N) is 2. The molecule has 0 fully saturated rings. The summed E-state index contributed by atoms with van der Waals surface area (Å²) in [5.74, 6) is -0.334. The van der Waals surface area contributed by atoms with Gasteiger partial charge in [-0.15, -0.1) is 12.3 Å². The lowest BCUT2D eigenvalue weighted by atomic mass is 10.0. The second kappa shape index (κ2) is 10.1. The van der Waals surface area contributed by atoms with Crippen LogP contribution in [-0.2, 0) is 20.8 Å². The molecule has 0 bridgehead atoms. The number of unbranched alkanes of at least 4 members (excludes halogenated alkanes) is 1. The first-order valence-electron chi connectivity index (χ1n) is 7.81. The highest BCUT2D eigenvalue weighted by molar-refractivity contribution is 5.90. The van der Waals surface area contributed by atoms with Crippen molar-refractivity contribution in [3.63, 3.8) is 0 Å². The average Bonchev–Trinajstić information content (AvgIpc) is 2.52. The summed E-state index contributed by atoms with van der Waals surface area (Å²) in [4.78, 5) is 35.0. The summed E-state index contributed by atoms with van der Waals surface area (Å²) in [5.41, 5.74) is 0.508. The summed E-state index contributed by atoms with van der Waals surface area (Å²) in [6.07, 6.45) is 6.20. The van der Waals surface area contributed by atoms with Crippen LogP contribution < -0.4 is 10.6 Å². The fraction of sp³-hybridized carbons (Fsp3) is 0.389. The minimum Gasteiger partial charge on any atom is -0.480 e. The molecule has 3 N–H and O–H groups in total. The van der Waals surface area contributed by atoms with Crippen molar-refractivity contribution in [1.82, 2.24) is 10.6 Å². The lowest BCUT2D eigenvalue weighted by Gasteiger charge is -2.21. The number of amides is 2. The van der Waals surface area contributed by atoms with Crippen LogP contribution in [0.5, 0.6) is 0 Å². The first-order valence-corrected chi connectivity index (χ1v) is 7.81. The smallest absolute Gasteiger partial charge is 0.326 e. The maximum absolute atomic E-state index is 13.3. The van der Waals surface area contributed by atoms with Gasteiger partial charge in [0.25, 0.3) is 0 Å². The standard InChI is InChI=1S/C18H21FN2O4/c1-3-4-5-9-15(18(24)25)21-17(23)16(20-12(2)22)11-13-7-6-8-14(19)10-13/h1,6-8,10,15-16H,4-5,9,11H2,2H3,(H,20,22)(H,21,23)(H,24,25)/t15-,16-/m0/s1. The minimum absolute atomic E-state index is 0.0415. The first-order chi connectivity index (χ1) is 11.8. The topological polar surface area (TPSA) is 95.5 Å². The van der Waals surface area contributed by atoms with Crippen molar-refractivity contribution < 1.29 is 23.9 Å². The largest absolute Gasteiger partial charge is 0.480 e. The normalized spacial score (nSPS) is 12.5. The van der Waals surface area contributed by atoms with E-state index in [-0.39, 0.29) is 12.8 Å². The van der Waals surface area contributed by atoms with Gasteiger partial charge in [0, 0.05) is 19.8 Å². The highest BCUT2D eigenvalue weighted by Crippen LogP contribution is 2.08. The Bertz CT molecular complexity index is 669. The van der Waals surface area contributed by atoms with Crippen molar-refractivity contribution in [2.24, 2.45) is 0 Å². The monoisotopic (exact) mass is 348 g/mol. The molecular formula is C18H21FN2O4. The quantitative estimate of drug-likeness (QED) is 0.462. The maximum atomic E-state index is 13.3. The van der Waals surface area contributed by atoms with Crippen LogP contribution in [0.3, 0.4) is 0 Å². The molecule has 0 saturated heterocycles. The Kier molecular flexibility index (Phi) is 8.13. The fourth-order valence-electron chi connectivity index (χ4n) is 2.29. The maximum Gasteiger partial charge on any atom is 0.326 e. The van der Waals surface area contributed by atoms with Gasteiger partial charge >= 0.3 is 5.97 Å². The molecule has 2 amide bonds. The van der Waals surface area contributed by atoms with Crippen LogP contribution in [0.25, 0.3) is 0 Å². The molecule has 1 aromatic carbocycles. The summed E-state index contributed by atoms with van der Waals surface area (Å²) in [7, 11) is 0. The molecular weight excluding hydrogens is 327 g/mol. The van der Waals surface area contributed by atoms with Crippen LogP contribution in [-0.4, -0.2) is 35.0 Å². The van der Waals surface area contributed by atoms with Crippen molar-refractivity contribution in [1.29, 1.82) is 0 Å². The Labute approximate surface area is 145 Å². The summed E-state index contributed by atoms with van der Waals surface area (Å²) in [6.45, 7) is 1.24. The molecule has 0 aliphatic carbocycles. The third-order valence-electron chi connectivity index (χ3n) is 3.45. The van der Waals surface area contributed by atoms with E-state index in [1.165, 1.54) is 25.1 Å². The number of carbonyl (C=O) groups excluding carboxylic acids is 2. The zero-order valence-corrected chi connectivity index (χ0v) is 13.9. The number of terminal acetylenes is 1. The van der Waals surface area contributed by atoms with Crippen LogP contribution in [0.15, 0.2) is 24.3 Å². The first kappa shape index (κ1) is 20.2. The van der Waals surface area contributed by atoms with Crippen molar-refractivity contribution >= 4 is 17.8 Å². The molecule has 2 atom stereocenters. The molecule has 134 valence electrons. The predicted molar refractivity (Wildman–Crippen MR) is 90.0 cm³/mol. The molecule has 0 aliphatic rings. The van der Waals surface area contributed by atoms with E-state index in [1.54, 1.807) is 6.07 Å². The van der Waals surface area contributed by atoms with Crippen LogP contribution in [0, 0.1) is 18.2 Å². The van der Waals surface area contributed by atoms with Gasteiger partial charge in [0.15, 0.2) is 0 Å². The number of hydrogen-bond acceptors (Lipinski definition) is 3. The van der Waals surface area contributed by atoms with E-state index in [4.69, 9.17) is 6.42 Å². The van der Waals surface area contributed by atoms with E-state index in [0.717, 1.165) is 0 Å². The van der Waals surface area contributed by atoms with Crippen molar-refractivity contribution in [3.8, 4) is 12.3 Å². The third-order valence-corrected chi connectivity index (χ3v) is 3.45. The summed E-state index contributed by atoms with van der Waals surface area (Å²) >= 11 is 0. The molecule has 1 rings (SSSR count). The Balaban J connectivity index is 2.82. The van der Waals surface area contributed by atoms with Crippen molar-refractivity contribution in [2.75, 3.05) is 0 Å². The van der Waals surface area contributed by atoms with E-state index in [0.29, 0.717) is 18.4 Å². The summed E-state index contributed by atoms with van der Waals surface area (Å²) in [6, 6.07) is 3.52. The minimum atomic E-state index is -1.18. The van der Waals surface area contributed by atoms with Gasteiger partial charge in [-0.1, -0.05) is 12.1 Å². The van der Waals surface area contributed by atoms with E-state index in [2.05, 4.69) is 16.6 Å². The van der Waals surface area contributed by atoms with Crippen LogP contribution in [0.4, 0.5) is 4.39 Å². The highest BCUT2D eigenvalue weighted by atomic mass is 19.1. The van der Waals surface area contributed by atoms with Crippen LogP contribution in [0.2, 0.25) is 0 Å². The fourth-order valence-corrected chi connectivity index (χ4v) is 2.29. The van der Waals surface area contributed by atoms with Gasteiger partial charge in [0.05, 0.1) is 0 Å². The van der Waals surface area contributed by atoms with Crippen LogP contribution >= 0.6 is 0 Å². The number of hydrogen-bond donors (Lipinski definition) is 3. The van der Waals surface area contributed by atoms with Crippen molar-refractivity contribution in [3.05, 3.63) is 35.6 Å². The van der Waals surface area contributed by atoms with E-state index >= 15 is 0 Å². The molecule has 0 saturated carbocycles. The number of carbonyl (C=O) groups is 3. The Morgan fingerprint density at radius 2 is 2.00 bits per heavy atom. The van der Waals surface area contributed by atoms with E-state index < -0.39 is 35.7 Å². The summed E-state index contributed by atoms with van der Waals surface area (Å²) < 4.78 is 13.3. The number of halogens is 1. The predicted octanol–water partition coefficient (Wildman–Crippen LogP) is 1.25. The van der Waals surface area contributed by atoms with Gasteiger partial charge in [-0.25, -0.2) is 9.18 Å². The second-order valence-electron chi connectivity index (χ2n) is 5.58. The van der Waals surface area contributed by atoms with Gasteiger partial charge in [-0.2, -0.15) is 0 Å². The number of carboxylic acids is 1. The molecule has 0 spiro atoms. The highest BCUT2D eigenvalue weighted by Gasteiger charge is 2.26. The molecule has 0 aromatic heterocycles. The molecule has 25 heavy (non-hydrogen) atoms. The molecule has 6 nitrogen and oxygen atoms in total. The molecule has 0 unspecified atom stereocenters. The second-order valence-corrected chi connectivity index (χ2v) is 5.58. The molecule has 0 radical (unpaired) electrons. The average molecular weight is 348 g/mol. The molecule has 1 aromatic rings. The van der Waals surface area contributed by atoms with E-state index in [1.807, 2.05) is 0 Å². The SMILES string of the molecule is C#CCCC[C@H](NC(=O)[C@H](Cc1cccc(F)c1)NC(C)=O)C(=O)O. The van der Waals surface area contributed by atoms with Gasteiger partial charge in [-0.3, -0.25) is 9.59 Å². The molecule has 0 aliphatic heterocycles. The van der Waals surface area contributed by atoms with Gasteiger partial charge in [-0.05, 0) is 30.5 Å². The van der Waals surface area contributed by atoms with Crippen molar-refractivity contribution in [2.45, 2.75) is 44.7 Å². The Morgan fingerprint density at radius 3 is 2.56 bits per heavy atom. The molecule has 0 heterocycles. The zero-order chi connectivity index (χ0) is 18.8. The lowest BCUT2D eigenvalue weighted by Crippen LogP contribution is -2.52.